The monoisotopic (exact) mass is 1770 g/mol. The SMILES string of the molecule is NC(=O)[C@@H]1Cc2ccc(O)c(c2)Cc2cnc(s2)NCCCNc2ncc(s2)Cc2cc(ccc2O)C[C@@H](C(N)=O)NC(=O)CNC(=O)[C@@H](NC(=O)OCC2c3ccccc3-c3ccccc32)Cc2ccc(O)c(c2)Cc2cnc(s2)NCCCNc2ncc(s2)Cc2cc(ccc2O)C[C@H](NC(=O)OCC2c3ccccc3-c3ccccc32)C(=O)NCC(=O)N1. The Balaban J connectivity index is 0.625. The maximum Gasteiger partial charge on any atom is 0.407 e. The molecule has 12 aromatic rings. The molecule has 18 N–H and O–H groups in total. The van der Waals surface area contributed by atoms with Crippen LogP contribution in [0.5, 0.6) is 23.0 Å². The number of nitrogens with zero attached hydrogens (tertiary/aromatic N) is 4. The van der Waals surface area contributed by atoms with Crippen LogP contribution >= 0.6 is 45.3 Å². The number of benzene rings is 8. The van der Waals surface area contributed by atoms with Crippen molar-refractivity contribution in [2.45, 2.75) is 100 Å². The minimum absolute atomic E-state index is 0.00287. The average Bonchev–Trinajstić information content (AvgIpc) is 1.62. The molecule has 8 amide bonds. The molecule has 0 radical (unpaired) electrons. The molecule has 0 spiro atoms. The summed E-state index contributed by atoms with van der Waals surface area (Å²) in [5.74, 6) is -5.32. The molecule has 648 valence electrons. The number of phenolic OH excluding ortho intramolecular Hbond substituents is 4. The Bertz CT molecular complexity index is 5570. The highest BCUT2D eigenvalue weighted by Gasteiger charge is 2.34. The van der Waals surface area contributed by atoms with Gasteiger partial charge in [-0.05, 0) is 126 Å². The van der Waals surface area contributed by atoms with E-state index in [9.17, 15) is 58.8 Å². The van der Waals surface area contributed by atoms with Crippen LogP contribution < -0.4 is 64.6 Å². The molecule has 3 aliphatic rings. The first-order chi connectivity index (χ1) is 61.1. The van der Waals surface area contributed by atoms with Gasteiger partial charge in [0, 0.05) is 134 Å². The lowest BCUT2D eigenvalue weighted by Gasteiger charge is -2.21. The quantitative estimate of drug-likeness (QED) is 0.0672. The normalized spacial score (nSPS) is 17.3. The molecule has 4 aromatic heterocycles. The van der Waals surface area contributed by atoms with Gasteiger partial charge in [0.05, 0.1) is 13.1 Å². The molecule has 8 aromatic carbocycles. The third-order valence-corrected chi connectivity index (χ3v) is 25.7. The van der Waals surface area contributed by atoms with Gasteiger partial charge in [0.25, 0.3) is 0 Å². The van der Waals surface area contributed by atoms with Crippen molar-refractivity contribution >= 4 is 114 Å². The summed E-state index contributed by atoms with van der Waals surface area (Å²) >= 11 is 5.57. The Kier molecular flexibility index (Phi) is 28.0. The summed E-state index contributed by atoms with van der Waals surface area (Å²) in [6.45, 7) is 0.807. The molecule has 16 bridgehead atoms. The number of anilines is 4. The molecular weight excluding hydrogens is 1680 g/mol. The number of hydrogen-bond acceptors (Lipinski definition) is 26. The number of fused-ring (bicyclic) bond motifs is 22. The Morgan fingerprint density at radius 3 is 0.944 bits per heavy atom. The van der Waals surface area contributed by atoms with Gasteiger partial charge in [-0.1, -0.05) is 146 Å². The molecule has 1 aliphatic heterocycles. The molecule has 0 saturated heterocycles. The summed E-state index contributed by atoms with van der Waals surface area (Å²) in [6.07, 6.45) is 7.08. The second-order valence-electron chi connectivity index (χ2n) is 30.8. The van der Waals surface area contributed by atoms with E-state index in [4.69, 9.17) is 20.9 Å². The first-order valence-electron chi connectivity index (χ1n) is 41.1. The Morgan fingerprint density at radius 2 is 0.659 bits per heavy atom. The number of alkyl carbamates (subject to hydrolysis) is 2. The molecule has 15 rings (SSSR count). The minimum Gasteiger partial charge on any atom is -0.508 e. The zero-order valence-corrected chi connectivity index (χ0v) is 71.4. The highest BCUT2D eigenvalue weighted by molar-refractivity contribution is 7.16. The predicted octanol–water partition coefficient (Wildman–Crippen LogP) is 10.4. The molecule has 30 nitrogen and oxygen atoms in total. The lowest BCUT2D eigenvalue weighted by atomic mass is 9.98. The van der Waals surface area contributed by atoms with E-state index in [0.717, 1.165) is 64.0 Å². The van der Waals surface area contributed by atoms with Crippen molar-refractivity contribution in [3.63, 3.8) is 0 Å². The van der Waals surface area contributed by atoms with Crippen LogP contribution in [0, 0.1) is 0 Å². The van der Waals surface area contributed by atoms with Crippen molar-refractivity contribution < 1.29 is 68.3 Å². The van der Waals surface area contributed by atoms with E-state index in [2.05, 4.69) is 73.1 Å². The molecule has 2 aliphatic carbocycles. The van der Waals surface area contributed by atoms with Crippen LogP contribution in [0.3, 0.4) is 0 Å². The van der Waals surface area contributed by atoms with E-state index in [-0.39, 0.29) is 99.4 Å². The average molecular weight is 1770 g/mol. The van der Waals surface area contributed by atoms with Crippen molar-refractivity contribution in [3.8, 4) is 45.3 Å². The van der Waals surface area contributed by atoms with E-state index >= 15 is 0 Å². The van der Waals surface area contributed by atoms with E-state index < -0.39 is 84.9 Å². The number of nitrogens with two attached hydrogens (primary N) is 2. The summed E-state index contributed by atoms with van der Waals surface area (Å²) in [4.78, 5) is 132. The van der Waals surface area contributed by atoms with E-state index in [1.807, 2.05) is 97.1 Å². The molecule has 0 fully saturated rings. The largest absolute Gasteiger partial charge is 0.508 e. The third kappa shape index (κ3) is 22.3. The Morgan fingerprint density at radius 1 is 0.381 bits per heavy atom. The van der Waals surface area contributed by atoms with Crippen molar-refractivity contribution in [3.05, 3.63) is 281 Å². The van der Waals surface area contributed by atoms with Crippen molar-refractivity contribution in [2.75, 3.05) is 73.7 Å². The first-order valence-corrected chi connectivity index (χ1v) is 44.3. The predicted molar refractivity (Wildman–Crippen MR) is 482 cm³/mol. The number of primary amides is 2. The van der Waals surface area contributed by atoms with Gasteiger partial charge in [-0.3, -0.25) is 28.8 Å². The third-order valence-electron chi connectivity index (χ3n) is 21.9. The standard InChI is InChI=1S/C92H92N16O14S4/c93-83(115)73-35-51-19-23-77(109)55(31-51)39-59-43-101-87(123-59)95-27-9-28-96-88-102-44-60(124-88)40-56-32-52(20-24-78(56)110)36-74(84(94)116)106-82(114)48-100-86(118)76(108-92(120)122-50-72-69-17-7-3-13-65(69)66-14-4-8-18-70(66)72)38-54-22-26-80(112)58(34-54)42-62-46-104-90(126-62)98-30-10-29-97-89-103-45-61(125-89)41-57-33-53(21-25-79(57)111)37-75(85(117)99-47-81(113)105-73)107-91(119)121-49-71-67-15-5-1-11-63(67)64-12-2-6-16-68(64)71/h1-8,11-26,31-34,43-46,71-76,109-112H,9-10,27-30,35-42,47-50H2,(H2,93,115)(H2,94,116)(H,95,101)(H,96,102)(H,97,103)(H,98,104)(H,99,117)(H,100,118)(H,105,113)(H,106,114)(H,107,119)(H,108,120)/t73-,74-,75-,76-/m0/s1. The van der Waals surface area contributed by atoms with Gasteiger partial charge >= 0.3 is 12.2 Å². The van der Waals surface area contributed by atoms with Crippen molar-refractivity contribution in [1.82, 2.24) is 51.8 Å². The van der Waals surface area contributed by atoms with Crippen LogP contribution in [-0.2, 0) is 89.6 Å². The topological polar surface area (TPSA) is 460 Å². The number of rotatable bonds is 8. The number of aromatic hydroxyl groups is 4. The summed E-state index contributed by atoms with van der Waals surface area (Å²) < 4.78 is 11.8. The first kappa shape index (κ1) is 87.0. The summed E-state index contributed by atoms with van der Waals surface area (Å²) in [5, 5.41) is 76.6. The number of hydrogen-bond donors (Lipinski definition) is 16. The number of ether oxygens (including phenoxy) is 2. The van der Waals surface area contributed by atoms with Crippen LogP contribution in [0.4, 0.5) is 30.1 Å². The number of carbonyl (C=O) groups excluding carboxylic acids is 8. The number of aromatic nitrogens is 4. The number of carbonyl (C=O) groups is 8. The van der Waals surface area contributed by atoms with Crippen LogP contribution in [0.25, 0.3) is 22.3 Å². The van der Waals surface area contributed by atoms with Crippen molar-refractivity contribution in [1.29, 1.82) is 0 Å². The highest BCUT2D eigenvalue weighted by atomic mass is 32.1. The number of amides is 8. The highest BCUT2D eigenvalue weighted by Crippen LogP contribution is 2.46. The summed E-state index contributed by atoms with van der Waals surface area (Å²) in [5.41, 5.74) is 24.2. The lowest BCUT2D eigenvalue weighted by Crippen LogP contribution is -2.52. The van der Waals surface area contributed by atoms with E-state index in [1.165, 1.54) is 69.6 Å². The van der Waals surface area contributed by atoms with E-state index in [1.54, 1.807) is 73.3 Å². The molecule has 34 heteroatoms. The zero-order chi connectivity index (χ0) is 87.7. The number of thiazole rings is 4. The molecule has 5 heterocycles. The van der Waals surface area contributed by atoms with Gasteiger partial charge in [0.2, 0.25) is 35.4 Å². The van der Waals surface area contributed by atoms with Crippen LogP contribution in [0.15, 0.2) is 195 Å². The summed E-state index contributed by atoms with van der Waals surface area (Å²) in [7, 11) is 0. The smallest absolute Gasteiger partial charge is 0.407 e. The maximum absolute atomic E-state index is 14.4. The number of phenols is 4. The van der Waals surface area contributed by atoms with Crippen LogP contribution in [-0.4, -0.2) is 165 Å². The minimum atomic E-state index is -1.32. The molecule has 0 unspecified atom stereocenters. The van der Waals surface area contributed by atoms with Gasteiger partial charge in [0.15, 0.2) is 20.5 Å². The van der Waals surface area contributed by atoms with Gasteiger partial charge < -0.3 is 94.5 Å². The van der Waals surface area contributed by atoms with Crippen molar-refractivity contribution in [2.24, 2.45) is 11.5 Å². The van der Waals surface area contributed by atoms with Gasteiger partial charge in [-0.2, -0.15) is 0 Å². The Labute approximate surface area is 740 Å². The lowest BCUT2D eigenvalue weighted by molar-refractivity contribution is -0.129. The fraction of sp³-hybridized carbons (Fsp3) is 0.261. The van der Waals surface area contributed by atoms with Crippen LogP contribution in [0.1, 0.15) is 111 Å². The molecule has 0 saturated carbocycles. The fourth-order valence-electron chi connectivity index (χ4n) is 15.7. The zero-order valence-electron chi connectivity index (χ0n) is 68.1. The summed E-state index contributed by atoms with van der Waals surface area (Å²) in [6, 6.07) is 45.8. The fourth-order valence-corrected chi connectivity index (χ4v) is 19.1. The van der Waals surface area contributed by atoms with Gasteiger partial charge in [-0.25, -0.2) is 29.5 Å². The van der Waals surface area contributed by atoms with Gasteiger partial charge in [0.1, 0.15) is 60.4 Å². The molecule has 126 heavy (non-hydrogen) atoms. The van der Waals surface area contributed by atoms with E-state index in [0.29, 0.717) is 104 Å². The Hall–Kier alpha value is -14.0. The van der Waals surface area contributed by atoms with Crippen LogP contribution in [0.2, 0.25) is 0 Å². The molecular formula is C92H92N16O14S4. The van der Waals surface area contributed by atoms with Gasteiger partial charge in [-0.15, -0.1) is 45.3 Å². The second kappa shape index (κ2) is 40.6. The second-order valence-corrected chi connectivity index (χ2v) is 35.3. The maximum atomic E-state index is 14.4. The molecule has 4 atom stereocenters. The number of nitrogens with one attached hydrogen (secondary N) is 10.